The fraction of sp³-hybridized carbons (Fsp3) is 0. The second-order valence-electron chi connectivity index (χ2n) is 11.7. The van der Waals surface area contributed by atoms with Gasteiger partial charge >= 0.3 is 0 Å². The predicted octanol–water partition coefficient (Wildman–Crippen LogP) is 12.6. The summed E-state index contributed by atoms with van der Waals surface area (Å²) in [7, 11) is 0. The van der Waals surface area contributed by atoms with E-state index < -0.39 is 0 Å². The van der Waals surface area contributed by atoms with Crippen LogP contribution in [0, 0.1) is 0 Å². The second-order valence-corrected chi connectivity index (χ2v) is 11.7. The number of furan rings is 1. The van der Waals surface area contributed by atoms with Gasteiger partial charge in [0.15, 0.2) is 0 Å². The third-order valence-corrected chi connectivity index (χ3v) is 9.07. The van der Waals surface area contributed by atoms with E-state index in [0.717, 1.165) is 21.9 Å². The fourth-order valence-electron chi connectivity index (χ4n) is 6.97. The van der Waals surface area contributed by atoms with Gasteiger partial charge in [-0.2, -0.15) is 0 Å². The minimum atomic E-state index is 0.920. The molecule has 1 heterocycles. The second kappa shape index (κ2) is 10.4. The molecule has 0 aliphatic rings. The molecule has 0 atom stereocenters. The summed E-state index contributed by atoms with van der Waals surface area (Å²) >= 11 is 0. The van der Waals surface area contributed by atoms with E-state index in [1.807, 2.05) is 12.1 Å². The van der Waals surface area contributed by atoms with Crippen LogP contribution in [0.3, 0.4) is 0 Å². The largest absolute Gasteiger partial charge is 0.456 e. The van der Waals surface area contributed by atoms with Gasteiger partial charge in [0, 0.05) is 10.8 Å². The van der Waals surface area contributed by atoms with Gasteiger partial charge in [0.1, 0.15) is 11.2 Å². The molecule has 0 N–H and O–H groups in total. The molecule has 9 aromatic rings. The summed E-state index contributed by atoms with van der Waals surface area (Å²) in [5.41, 5.74) is 11.7. The molecule has 1 heteroatoms. The van der Waals surface area contributed by atoms with E-state index in [-0.39, 0.29) is 0 Å². The summed E-state index contributed by atoms with van der Waals surface area (Å²) in [6.07, 6.45) is 0. The van der Waals surface area contributed by atoms with Gasteiger partial charge in [-0.15, -0.1) is 0 Å². The number of hydrogen-bond acceptors (Lipinski definition) is 1. The van der Waals surface area contributed by atoms with Crippen molar-refractivity contribution in [3.63, 3.8) is 0 Å². The summed E-state index contributed by atoms with van der Waals surface area (Å²) in [5.74, 6) is 0. The number of hydrogen-bond donors (Lipinski definition) is 0. The van der Waals surface area contributed by atoms with E-state index in [0.29, 0.717) is 0 Å². The molecule has 0 radical (unpaired) electrons. The zero-order valence-corrected chi connectivity index (χ0v) is 24.6. The third kappa shape index (κ3) is 4.24. The summed E-state index contributed by atoms with van der Waals surface area (Å²) in [6, 6.07) is 61.1. The Morgan fingerprint density at radius 1 is 0.244 bits per heavy atom. The average molecular weight is 573 g/mol. The molecule has 9 rings (SSSR count). The van der Waals surface area contributed by atoms with Crippen molar-refractivity contribution in [1.29, 1.82) is 0 Å². The van der Waals surface area contributed by atoms with Crippen LogP contribution in [0.5, 0.6) is 0 Å². The molecule has 1 nitrogen and oxygen atoms in total. The van der Waals surface area contributed by atoms with E-state index in [1.165, 1.54) is 66.1 Å². The monoisotopic (exact) mass is 572 g/mol. The summed E-state index contributed by atoms with van der Waals surface area (Å²) < 4.78 is 6.07. The molecule has 8 aromatic carbocycles. The summed E-state index contributed by atoms with van der Waals surface area (Å²) in [5, 5.41) is 7.34. The Kier molecular flexibility index (Phi) is 5.89. The normalized spacial score (nSPS) is 11.6. The maximum atomic E-state index is 6.07. The fourth-order valence-corrected chi connectivity index (χ4v) is 6.97. The van der Waals surface area contributed by atoms with Gasteiger partial charge in [-0.3, -0.25) is 0 Å². The van der Waals surface area contributed by atoms with Crippen LogP contribution in [0.2, 0.25) is 0 Å². The summed E-state index contributed by atoms with van der Waals surface area (Å²) in [4.78, 5) is 0. The molecule has 45 heavy (non-hydrogen) atoms. The van der Waals surface area contributed by atoms with Crippen molar-refractivity contribution >= 4 is 43.5 Å². The van der Waals surface area contributed by atoms with Crippen LogP contribution >= 0.6 is 0 Å². The molecule has 0 aliphatic heterocycles. The van der Waals surface area contributed by atoms with Crippen molar-refractivity contribution in [1.82, 2.24) is 0 Å². The molecule has 0 bridgehead atoms. The molecule has 210 valence electrons. The molecule has 0 fully saturated rings. The average Bonchev–Trinajstić information content (AvgIpc) is 3.49. The van der Waals surface area contributed by atoms with Crippen molar-refractivity contribution in [3.05, 3.63) is 170 Å². The zero-order chi connectivity index (χ0) is 29.7. The van der Waals surface area contributed by atoms with Crippen LogP contribution in [0.4, 0.5) is 0 Å². The Hall–Kier alpha value is -5.92. The van der Waals surface area contributed by atoms with E-state index >= 15 is 0 Å². The lowest BCUT2D eigenvalue weighted by Crippen LogP contribution is -1.91. The SMILES string of the molecule is c1ccc(-c2cccc(-c3c4ccccc4c(-c4ccc(-c5ccc6oc7ccccc7c6c5)cc4)c4ccccc34)c2)cc1. The van der Waals surface area contributed by atoms with E-state index in [4.69, 9.17) is 4.42 Å². The first-order chi connectivity index (χ1) is 22.3. The van der Waals surface area contributed by atoms with Crippen LogP contribution in [-0.2, 0) is 0 Å². The summed E-state index contributed by atoms with van der Waals surface area (Å²) in [6.45, 7) is 0. The Balaban J connectivity index is 1.20. The van der Waals surface area contributed by atoms with Crippen LogP contribution in [-0.4, -0.2) is 0 Å². The molecular weight excluding hydrogens is 544 g/mol. The first-order valence-corrected chi connectivity index (χ1v) is 15.4. The lowest BCUT2D eigenvalue weighted by Gasteiger charge is -2.18. The molecule has 1 aromatic heterocycles. The zero-order valence-electron chi connectivity index (χ0n) is 24.6. The van der Waals surface area contributed by atoms with Crippen LogP contribution in [0.25, 0.3) is 88.0 Å². The van der Waals surface area contributed by atoms with Crippen LogP contribution in [0.15, 0.2) is 174 Å². The standard InChI is InChI=1S/C44H28O/c1-2-11-29(12-3-1)32-13-10-14-34(27-32)44-38-18-6-4-16-36(38)43(37-17-5-7-19-39(37)44)31-23-21-30(22-24-31)33-25-26-42-40(28-33)35-15-8-9-20-41(35)45-42/h1-28H. The molecule has 0 amide bonds. The van der Waals surface area contributed by atoms with Crippen molar-refractivity contribution in [2.24, 2.45) is 0 Å². The lowest BCUT2D eigenvalue weighted by atomic mass is 9.85. The highest BCUT2D eigenvalue weighted by Crippen LogP contribution is 2.44. The van der Waals surface area contributed by atoms with Gasteiger partial charge in [-0.1, -0.05) is 146 Å². The quantitative estimate of drug-likeness (QED) is 0.191. The Morgan fingerprint density at radius 2 is 0.689 bits per heavy atom. The van der Waals surface area contributed by atoms with Gasteiger partial charge < -0.3 is 4.42 Å². The highest BCUT2D eigenvalue weighted by atomic mass is 16.3. The van der Waals surface area contributed by atoms with E-state index in [9.17, 15) is 0 Å². The molecule has 0 spiro atoms. The van der Waals surface area contributed by atoms with E-state index in [2.05, 4.69) is 158 Å². The molecule has 0 unspecified atom stereocenters. The molecule has 0 saturated heterocycles. The first-order valence-electron chi connectivity index (χ1n) is 15.4. The number of rotatable bonds is 4. The first kappa shape index (κ1) is 25.6. The Bertz CT molecular complexity index is 2460. The minimum Gasteiger partial charge on any atom is -0.456 e. The number of para-hydroxylation sites is 1. The smallest absolute Gasteiger partial charge is 0.135 e. The van der Waals surface area contributed by atoms with Crippen molar-refractivity contribution < 1.29 is 4.42 Å². The number of benzene rings is 8. The highest BCUT2D eigenvalue weighted by molar-refractivity contribution is 6.21. The third-order valence-electron chi connectivity index (χ3n) is 9.07. The Labute approximate surface area is 261 Å². The molecular formula is C44H28O. The van der Waals surface area contributed by atoms with Crippen molar-refractivity contribution in [2.45, 2.75) is 0 Å². The topological polar surface area (TPSA) is 13.1 Å². The van der Waals surface area contributed by atoms with Crippen molar-refractivity contribution in [3.8, 4) is 44.5 Å². The van der Waals surface area contributed by atoms with Crippen molar-refractivity contribution in [2.75, 3.05) is 0 Å². The van der Waals surface area contributed by atoms with Gasteiger partial charge in [0.05, 0.1) is 0 Å². The van der Waals surface area contributed by atoms with Gasteiger partial charge in [-0.25, -0.2) is 0 Å². The lowest BCUT2D eigenvalue weighted by molar-refractivity contribution is 0.669. The molecule has 0 saturated carbocycles. The van der Waals surface area contributed by atoms with Gasteiger partial charge in [-0.05, 0) is 90.3 Å². The van der Waals surface area contributed by atoms with Gasteiger partial charge in [0.25, 0.3) is 0 Å². The van der Waals surface area contributed by atoms with Crippen LogP contribution < -0.4 is 0 Å². The van der Waals surface area contributed by atoms with Crippen LogP contribution in [0.1, 0.15) is 0 Å². The van der Waals surface area contributed by atoms with Gasteiger partial charge in [0.2, 0.25) is 0 Å². The minimum absolute atomic E-state index is 0.920. The van der Waals surface area contributed by atoms with E-state index in [1.54, 1.807) is 0 Å². The highest BCUT2D eigenvalue weighted by Gasteiger charge is 2.17. The Morgan fingerprint density at radius 3 is 1.38 bits per heavy atom. The maximum absolute atomic E-state index is 6.07. The predicted molar refractivity (Wildman–Crippen MR) is 190 cm³/mol. The number of fused-ring (bicyclic) bond motifs is 5. The maximum Gasteiger partial charge on any atom is 0.135 e. The molecule has 0 aliphatic carbocycles.